The van der Waals surface area contributed by atoms with E-state index < -0.39 is 0 Å². The van der Waals surface area contributed by atoms with Gasteiger partial charge in [-0.15, -0.1) is 11.3 Å². The highest BCUT2D eigenvalue weighted by atomic mass is 32.1. The number of likely N-dealkylation sites (N-methyl/N-ethyl adjacent to an activating group) is 1. The number of ether oxygens (including phenoxy) is 1. The van der Waals surface area contributed by atoms with E-state index in [1.807, 2.05) is 73.8 Å². The molecule has 140 valence electrons. The van der Waals surface area contributed by atoms with E-state index in [4.69, 9.17) is 4.74 Å². The summed E-state index contributed by atoms with van der Waals surface area (Å²) in [6.07, 6.45) is 0. The van der Waals surface area contributed by atoms with Crippen molar-refractivity contribution in [3.8, 4) is 17.0 Å². The summed E-state index contributed by atoms with van der Waals surface area (Å²) in [5.74, 6) is 0.394. The van der Waals surface area contributed by atoms with Crippen LogP contribution in [0.1, 0.15) is 15.4 Å². The summed E-state index contributed by atoms with van der Waals surface area (Å²) < 4.78 is 5.79. The molecular weight excluding hydrogens is 358 g/mol. The number of thiazole rings is 1. The Hall–Kier alpha value is -2.70. The quantitative estimate of drug-likeness (QED) is 0.663. The van der Waals surface area contributed by atoms with Crippen LogP contribution in [-0.2, 0) is 0 Å². The molecule has 0 saturated heterocycles. The minimum Gasteiger partial charge on any atom is -0.491 e. The molecule has 5 nitrogen and oxygen atoms in total. The molecule has 1 amide bonds. The fraction of sp³-hybridized carbons (Fsp3) is 0.238. The molecule has 0 radical (unpaired) electrons. The smallest absolute Gasteiger partial charge is 0.259 e. The van der Waals surface area contributed by atoms with E-state index in [1.54, 1.807) is 17.4 Å². The van der Waals surface area contributed by atoms with E-state index >= 15 is 0 Å². The molecule has 0 bridgehead atoms. The Morgan fingerprint density at radius 3 is 2.74 bits per heavy atom. The van der Waals surface area contributed by atoms with Gasteiger partial charge in [-0.3, -0.25) is 4.79 Å². The molecule has 0 unspecified atom stereocenters. The zero-order valence-electron chi connectivity index (χ0n) is 15.7. The lowest BCUT2D eigenvalue weighted by Gasteiger charge is -2.14. The first-order valence-electron chi connectivity index (χ1n) is 8.73. The molecule has 1 N–H and O–H groups in total. The second kappa shape index (κ2) is 8.79. The lowest BCUT2D eigenvalue weighted by atomic mass is 10.1. The number of nitrogens with zero attached hydrogens (tertiary/aromatic N) is 2. The fourth-order valence-electron chi connectivity index (χ4n) is 2.57. The fourth-order valence-corrected chi connectivity index (χ4v) is 3.19. The number of rotatable bonds is 7. The van der Waals surface area contributed by atoms with Gasteiger partial charge in [-0.2, -0.15) is 0 Å². The van der Waals surface area contributed by atoms with Crippen LogP contribution < -0.4 is 10.1 Å². The Balaban J connectivity index is 1.74. The maximum atomic E-state index is 12.8. The van der Waals surface area contributed by atoms with Gasteiger partial charge in [0.2, 0.25) is 0 Å². The molecule has 0 atom stereocenters. The molecule has 1 heterocycles. The Labute approximate surface area is 163 Å². The van der Waals surface area contributed by atoms with Gasteiger partial charge in [0.25, 0.3) is 5.91 Å². The molecule has 3 rings (SSSR count). The van der Waals surface area contributed by atoms with Gasteiger partial charge in [-0.25, -0.2) is 4.98 Å². The lowest BCUT2D eigenvalue weighted by molar-refractivity contribution is 0.102. The molecule has 3 aromatic rings. The summed E-state index contributed by atoms with van der Waals surface area (Å²) >= 11 is 1.61. The highest BCUT2D eigenvalue weighted by molar-refractivity contribution is 7.09. The van der Waals surface area contributed by atoms with Crippen molar-refractivity contribution in [3.63, 3.8) is 0 Å². The van der Waals surface area contributed by atoms with Gasteiger partial charge < -0.3 is 15.0 Å². The van der Waals surface area contributed by atoms with Crippen LogP contribution in [-0.4, -0.2) is 43.0 Å². The van der Waals surface area contributed by atoms with Crippen molar-refractivity contribution in [2.75, 3.05) is 32.6 Å². The number of hydrogen-bond acceptors (Lipinski definition) is 5. The van der Waals surface area contributed by atoms with Gasteiger partial charge in [0, 0.05) is 23.2 Å². The predicted molar refractivity (Wildman–Crippen MR) is 111 cm³/mol. The first-order chi connectivity index (χ1) is 13.0. The van der Waals surface area contributed by atoms with Gasteiger partial charge in [0.15, 0.2) is 0 Å². The summed E-state index contributed by atoms with van der Waals surface area (Å²) in [6, 6.07) is 15.0. The zero-order chi connectivity index (χ0) is 19.2. The summed E-state index contributed by atoms with van der Waals surface area (Å²) in [5, 5.41) is 6.00. The van der Waals surface area contributed by atoms with Crippen LogP contribution in [0.3, 0.4) is 0 Å². The van der Waals surface area contributed by atoms with Gasteiger partial charge in [0.1, 0.15) is 12.4 Å². The lowest BCUT2D eigenvalue weighted by Crippen LogP contribution is -2.20. The van der Waals surface area contributed by atoms with E-state index in [0.717, 1.165) is 28.5 Å². The van der Waals surface area contributed by atoms with Crippen LogP contribution in [0.5, 0.6) is 5.75 Å². The number of hydrogen-bond donors (Lipinski definition) is 1. The molecule has 27 heavy (non-hydrogen) atoms. The Kier molecular flexibility index (Phi) is 6.21. The summed E-state index contributed by atoms with van der Waals surface area (Å²) in [7, 11) is 3.97. The average molecular weight is 382 g/mol. The van der Waals surface area contributed by atoms with E-state index in [9.17, 15) is 4.79 Å². The third-order valence-electron chi connectivity index (χ3n) is 3.96. The van der Waals surface area contributed by atoms with Crippen molar-refractivity contribution in [3.05, 3.63) is 64.5 Å². The third-order valence-corrected chi connectivity index (χ3v) is 4.74. The number of nitrogens with one attached hydrogen (secondary N) is 1. The van der Waals surface area contributed by atoms with Crippen molar-refractivity contribution in [1.82, 2.24) is 9.88 Å². The van der Waals surface area contributed by atoms with Gasteiger partial charge >= 0.3 is 0 Å². The largest absolute Gasteiger partial charge is 0.491 e. The topological polar surface area (TPSA) is 54.5 Å². The molecule has 6 heteroatoms. The van der Waals surface area contributed by atoms with Crippen LogP contribution in [0, 0.1) is 6.92 Å². The molecule has 0 spiro atoms. The summed E-state index contributed by atoms with van der Waals surface area (Å²) in [5.41, 5.74) is 3.14. The molecule has 1 aromatic heterocycles. The number of carbonyl (C=O) groups is 1. The van der Waals surface area contributed by atoms with Crippen molar-refractivity contribution in [2.45, 2.75) is 6.92 Å². The SMILES string of the molecule is Cc1nc(-c2cccc(NC(=O)c3ccccc3OCCN(C)C)c2)cs1. The van der Waals surface area contributed by atoms with Crippen LogP contribution in [0.2, 0.25) is 0 Å². The molecule has 0 aliphatic rings. The van der Waals surface area contributed by atoms with E-state index in [0.29, 0.717) is 17.9 Å². The average Bonchev–Trinajstić information content (AvgIpc) is 3.08. The summed E-state index contributed by atoms with van der Waals surface area (Å²) in [4.78, 5) is 19.3. The van der Waals surface area contributed by atoms with Crippen LogP contribution in [0.25, 0.3) is 11.3 Å². The van der Waals surface area contributed by atoms with Gasteiger partial charge in [0.05, 0.1) is 16.3 Å². The van der Waals surface area contributed by atoms with Crippen molar-refractivity contribution in [2.24, 2.45) is 0 Å². The summed E-state index contributed by atoms with van der Waals surface area (Å²) in [6.45, 7) is 3.29. The minimum absolute atomic E-state index is 0.193. The van der Waals surface area contributed by atoms with Crippen molar-refractivity contribution >= 4 is 22.9 Å². The van der Waals surface area contributed by atoms with Gasteiger partial charge in [-0.05, 0) is 45.3 Å². The number of aryl methyl sites for hydroxylation is 1. The van der Waals surface area contributed by atoms with Gasteiger partial charge in [-0.1, -0.05) is 24.3 Å². The molecule has 0 saturated carbocycles. The highest BCUT2D eigenvalue weighted by Crippen LogP contribution is 2.25. The number of aromatic nitrogens is 1. The first kappa shape index (κ1) is 19.1. The predicted octanol–water partition coefficient (Wildman–Crippen LogP) is 4.31. The van der Waals surface area contributed by atoms with Crippen LogP contribution in [0.15, 0.2) is 53.9 Å². The number of para-hydroxylation sites is 1. The van der Waals surface area contributed by atoms with E-state index in [-0.39, 0.29) is 5.91 Å². The zero-order valence-corrected chi connectivity index (χ0v) is 16.5. The maximum Gasteiger partial charge on any atom is 0.259 e. The second-order valence-corrected chi connectivity index (χ2v) is 7.50. The Bertz CT molecular complexity index is 921. The van der Waals surface area contributed by atoms with E-state index in [2.05, 4.69) is 10.3 Å². The molecule has 2 aromatic carbocycles. The first-order valence-corrected chi connectivity index (χ1v) is 9.61. The van der Waals surface area contributed by atoms with Crippen LogP contribution in [0.4, 0.5) is 5.69 Å². The molecule has 0 aliphatic carbocycles. The van der Waals surface area contributed by atoms with E-state index in [1.165, 1.54) is 0 Å². The Morgan fingerprint density at radius 1 is 1.19 bits per heavy atom. The molecule has 0 fully saturated rings. The van der Waals surface area contributed by atoms with Crippen molar-refractivity contribution < 1.29 is 9.53 Å². The van der Waals surface area contributed by atoms with Crippen LogP contribution >= 0.6 is 11.3 Å². The number of anilines is 1. The molecular formula is C21H23N3O2S. The normalized spacial score (nSPS) is 10.8. The third kappa shape index (κ3) is 5.15. The molecule has 0 aliphatic heterocycles. The maximum absolute atomic E-state index is 12.8. The highest BCUT2D eigenvalue weighted by Gasteiger charge is 2.13. The number of carbonyl (C=O) groups excluding carboxylic acids is 1. The number of amides is 1. The number of benzene rings is 2. The Morgan fingerprint density at radius 2 is 2.00 bits per heavy atom. The monoisotopic (exact) mass is 381 g/mol. The van der Waals surface area contributed by atoms with Crippen molar-refractivity contribution in [1.29, 1.82) is 0 Å². The standard InChI is InChI=1S/C21H23N3O2S/c1-15-22-19(14-27-15)16-7-6-8-17(13-16)23-21(25)18-9-4-5-10-20(18)26-12-11-24(2)3/h4-10,13-14H,11-12H2,1-3H3,(H,23,25). The minimum atomic E-state index is -0.193. The second-order valence-electron chi connectivity index (χ2n) is 6.43.